The van der Waals surface area contributed by atoms with Gasteiger partial charge in [-0.25, -0.2) is 0 Å². The molecule has 0 aromatic heterocycles. The second-order valence-corrected chi connectivity index (χ2v) is 4.77. The van der Waals surface area contributed by atoms with Crippen LogP contribution in [0.25, 0.3) is 0 Å². The van der Waals surface area contributed by atoms with Gasteiger partial charge in [-0.3, -0.25) is 10.1 Å². The summed E-state index contributed by atoms with van der Waals surface area (Å²) < 4.78 is 0. The van der Waals surface area contributed by atoms with Crippen molar-refractivity contribution in [3.8, 4) is 0 Å². The molecule has 0 saturated carbocycles. The normalized spacial score (nSPS) is 11.5. The Kier molecular flexibility index (Phi) is 4.20. The molecule has 0 aliphatic rings. The number of aliphatic hydroxyl groups excluding tert-OH is 1. The molecule has 0 aliphatic heterocycles. The van der Waals surface area contributed by atoms with Gasteiger partial charge in [0.2, 0.25) is 0 Å². The summed E-state index contributed by atoms with van der Waals surface area (Å²) in [7, 11) is 0. The molecule has 0 fully saturated rings. The van der Waals surface area contributed by atoms with Crippen LogP contribution in [0.15, 0.2) is 18.2 Å². The zero-order valence-corrected chi connectivity index (χ0v) is 10.4. The number of hydrogen-bond acceptors (Lipinski definition) is 4. The van der Waals surface area contributed by atoms with Gasteiger partial charge in [-0.1, -0.05) is 12.1 Å². The van der Waals surface area contributed by atoms with Crippen LogP contribution >= 0.6 is 0 Å². The second-order valence-electron chi connectivity index (χ2n) is 4.77. The highest BCUT2D eigenvalue weighted by atomic mass is 16.6. The molecule has 1 aromatic carbocycles. The van der Waals surface area contributed by atoms with Crippen molar-refractivity contribution in [3.05, 3.63) is 39.4 Å². The fourth-order valence-corrected chi connectivity index (χ4v) is 1.36. The van der Waals surface area contributed by atoms with Crippen molar-refractivity contribution < 1.29 is 10.0 Å². The Hall–Kier alpha value is -1.46. The predicted molar refractivity (Wildman–Crippen MR) is 65.8 cm³/mol. The number of nitrogens with zero attached hydrogens (tertiary/aromatic N) is 1. The van der Waals surface area contributed by atoms with Crippen molar-refractivity contribution in [1.29, 1.82) is 0 Å². The summed E-state index contributed by atoms with van der Waals surface area (Å²) in [6.07, 6.45) is 0. The lowest BCUT2D eigenvalue weighted by Crippen LogP contribution is -2.42. The van der Waals surface area contributed by atoms with Crippen LogP contribution in [0.2, 0.25) is 0 Å². The van der Waals surface area contributed by atoms with E-state index in [0.29, 0.717) is 12.1 Å². The van der Waals surface area contributed by atoms with Crippen molar-refractivity contribution in [2.45, 2.75) is 32.9 Å². The van der Waals surface area contributed by atoms with E-state index in [1.54, 1.807) is 19.1 Å². The molecule has 0 atom stereocenters. The quantitative estimate of drug-likeness (QED) is 0.605. The average molecular weight is 238 g/mol. The third-order valence-electron chi connectivity index (χ3n) is 2.64. The molecule has 0 aliphatic carbocycles. The number of nitro benzene ring substituents is 1. The smallest absolute Gasteiger partial charge is 0.272 e. The van der Waals surface area contributed by atoms with Gasteiger partial charge >= 0.3 is 0 Å². The maximum atomic E-state index is 10.8. The van der Waals surface area contributed by atoms with Gasteiger partial charge in [0.1, 0.15) is 0 Å². The fraction of sp³-hybridized carbons (Fsp3) is 0.500. The number of rotatable bonds is 5. The molecule has 5 nitrogen and oxygen atoms in total. The number of benzene rings is 1. The average Bonchev–Trinajstić information content (AvgIpc) is 2.27. The maximum Gasteiger partial charge on any atom is 0.272 e. The first-order valence-electron chi connectivity index (χ1n) is 5.45. The molecule has 0 unspecified atom stereocenters. The van der Waals surface area contributed by atoms with Crippen molar-refractivity contribution >= 4 is 5.69 Å². The summed E-state index contributed by atoms with van der Waals surface area (Å²) in [4.78, 5) is 10.4. The molecule has 94 valence electrons. The molecular formula is C12H18N2O3. The van der Waals surface area contributed by atoms with Crippen LogP contribution in [0.3, 0.4) is 0 Å². The van der Waals surface area contributed by atoms with Gasteiger partial charge in [-0.15, -0.1) is 0 Å². The van der Waals surface area contributed by atoms with Crippen molar-refractivity contribution in [2.24, 2.45) is 0 Å². The molecule has 0 saturated heterocycles. The van der Waals surface area contributed by atoms with Crippen molar-refractivity contribution in [3.63, 3.8) is 0 Å². The van der Waals surface area contributed by atoms with Crippen LogP contribution in [0, 0.1) is 17.0 Å². The van der Waals surface area contributed by atoms with E-state index in [2.05, 4.69) is 5.32 Å². The molecule has 0 heterocycles. The van der Waals surface area contributed by atoms with Crippen molar-refractivity contribution in [2.75, 3.05) is 6.61 Å². The molecule has 1 rings (SSSR count). The second kappa shape index (κ2) is 5.25. The van der Waals surface area contributed by atoms with Gasteiger partial charge in [0.25, 0.3) is 5.69 Å². The Labute approximate surface area is 101 Å². The third kappa shape index (κ3) is 3.80. The van der Waals surface area contributed by atoms with E-state index >= 15 is 0 Å². The first-order chi connectivity index (χ1) is 7.85. The van der Waals surface area contributed by atoms with Crippen LogP contribution in [-0.4, -0.2) is 22.2 Å². The first-order valence-corrected chi connectivity index (χ1v) is 5.45. The van der Waals surface area contributed by atoms with Gasteiger partial charge in [0.05, 0.1) is 11.5 Å². The van der Waals surface area contributed by atoms with E-state index in [0.717, 1.165) is 5.56 Å². The Morgan fingerprint density at radius 3 is 2.65 bits per heavy atom. The Morgan fingerprint density at radius 1 is 1.47 bits per heavy atom. The van der Waals surface area contributed by atoms with E-state index in [9.17, 15) is 10.1 Å². The molecule has 0 amide bonds. The minimum absolute atomic E-state index is 0.0148. The highest BCUT2D eigenvalue weighted by molar-refractivity contribution is 5.42. The zero-order valence-electron chi connectivity index (χ0n) is 10.4. The highest BCUT2D eigenvalue weighted by Crippen LogP contribution is 2.19. The van der Waals surface area contributed by atoms with Gasteiger partial charge in [-0.2, -0.15) is 0 Å². The molecule has 2 N–H and O–H groups in total. The molecule has 0 spiro atoms. The van der Waals surface area contributed by atoms with E-state index in [-0.39, 0.29) is 22.8 Å². The van der Waals surface area contributed by atoms with Crippen LogP contribution in [0.5, 0.6) is 0 Å². The zero-order chi connectivity index (χ0) is 13.1. The minimum Gasteiger partial charge on any atom is -0.394 e. The summed E-state index contributed by atoms with van der Waals surface area (Å²) in [6.45, 7) is 5.97. The van der Waals surface area contributed by atoms with Crippen LogP contribution in [0.1, 0.15) is 25.0 Å². The molecular weight excluding hydrogens is 220 g/mol. The van der Waals surface area contributed by atoms with E-state index in [1.165, 1.54) is 0 Å². The Morgan fingerprint density at radius 2 is 2.12 bits per heavy atom. The molecule has 5 heteroatoms. The SMILES string of the molecule is Cc1ccc(CNC(C)(C)CO)cc1[N+](=O)[O-]. The third-order valence-corrected chi connectivity index (χ3v) is 2.64. The monoisotopic (exact) mass is 238 g/mol. The Bertz CT molecular complexity index is 416. The predicted octanol–water partition coefficient (Wildman–Crippen LogP) is 1.76. The standard InChI is InChI=1S/C12H18N2O3/c1-9-4-5-10(6-11(9)14(16)17)7-13-12(2,3)8-15/h4-6,13,15H,7-8H2,1-3H3. The summed E-state index contributed by atoms with van der Waals surface area (Å²) in [6, 6.07) is 5.15. The lowest BCUT2D eigenvalue weighted by Gasteiger charge is -2.23. The minimum atomic E-state index is -0.389. The number of aliphatic hydroxyl groups is 1. The van der Waals surface area contributed by atoms with E-state index in [4.69, 9.17) is 5.11 Å². The fourth-order valence-electron chi connectivity index (χ4n) is 1.36. The van der Waals surface area contributed by atoms with Gasteiger partial charge in [-0.05, 0) is 26.3 Å². The summed E-state index contributed by atoms with van der Waals surface area (Å²) in [5.41, 5.74) is 1.23. The summed E-state index contributed by atoms with van der Waals surface area (Å²) in [5.74, 6) is 0. The molecule has 1 aromatic rings. The summed E-state index contributed by atoms with van der Waals surface area (Å²) >= 11 is 0. The maximum absolute atomic E-state index is 10.8. The largest absolute Gasteiger partial charge is 0.394 e. The van der Waals surface area contributed by atoms with Gasteiger partial charge in [0, 0.05) is 23.7 Å². The molecule has 17 heavy (non-hydrogen) atoms. The molecule has 0 bridgehead atoms. The van der Waals surface area contributed by atoms with Crippen molar-refractivity contribution in [1.82, 2.24) is 5.32 Å². The van der Waals surface area contributed by atoms with E-state index in [1.807, 2.05) is 19.9 Å². The van der Waals surface area contributed by atoms with E-state index < -0.39 is 0 Å². The van der Waals surface area contributed by atoms with Gasteiger partial charge < -0.3 is 10.4 Å². The molecule has 0 radical (unpaired) electrons. The summed E-state index contributed by atoms with van der Waals surface area (Å²) in [5, 5.41) is 23.0. The lowest BCUT2D eigenvalue weighted by molar-refractivity contribution is -0.385. The first kappa shape index (κ1) is 13.6. The topological polar surface area (TPSA) is 75.4 Å². The van der Waals surface area contributed by atoms with Crippen LogP contribution < -0.4 is 5.32 Å². The van der Waals surface area contributed by atoms with Crippen LogP contribution in [0.4, 0.5) is 5.69 Å². The van der Waals surface area contributed by atoms with Crippen LogP contribution in [-0.2, 0) is 6.54 Å². The number of aryl methyl sites for hydroxylation is 1. The van der Waals surface area contributed by atoms with Gasteiger partial charge in [0.15, 0.2) is 0 Å². The lowest BCUT2D eigenvalue weighted by atomic mass is 10.1. The highest BCUT2D eigenvalue weighted by Gasteiger charge is 2.16. The Balaban J connectivity index is 2.80. The number of hydrogen-bond donors (Lipinski definition) is 2. The number of nitro groups is 1. The number of nitrogens with one attached hydrogen (secondary N) is 1.